The molecule has 52 heavy (non-hydrogen) atoms. The van der Waals surface area contributed by atoms with Crippen LogP contribution in [-0.2, 0) is 14.3 Å². The average molecular weight is 739 g/mol. The van der Waals surface area contributed by atoms with Gasteiger partial charge in [0.1, 0.15) is 42.8 Å². The number of ether oxygens (including phenoxy) is 4. The molecule has 1 aliphatic heterocycles. The van der Waals surface area contributed by atoms with E-state index < -0.39 is 23.8 Å². The van der Waals surface area contributed by atoms with E-state index >= 15 is 0 Å². The summed E-state index contributed by atoms with van der Waals surface area (Å²) in [5, 5.41) is 24.2. The summed E-state index contributed by atoms with van der Waals surface area (Å²) in [6, 6.07) is 12.0. The van der Waals surface area contributed by atoms with Gasteiger partial charge in [0.15, 0.2) is 0 Å². The lowest BCUT2D eigenvalue weighted by Crippen LogP contribution is -2.69. The maximum atomic E-state index is 13.6. The number of benzene rings is 2. The number of allylic oxidation sites excluding steroid dienone is 1. The Bertz CT molecular complexity index is 1600. The molecule has 12 heteroatoms. The van der Waals surface area contributed by atoms with E-state index in [1.807, 2.05) is 25.1 Å². The highest BCUT2D eigenvalue weighted by molar-refractivity contribution is 6.18. The number of halogens is 1. The number of amides is 1. The van der Waals surface area contributed by atoms with Gasteiger partial charge in [0.25, 0.3) is 0 Å². The van der Waals surface area contributed by atoms with Crippen molar-refractivity contribution in [3.05, 3.63) is 77.9 Å². The second-order valence-electron chi connectivity index (χ2n) is 13.4. The molecule has 0 spiro atoms. The van der Waals surface area contributed by atoms with Crippen molar-refractivity contribution in [2.75, 3.05) is 46.0 Å². The van der Waals surface area contributed by atoms with Crippen LogP contribution in [0.4, 0.5) is 4.79 Å². The quantitative estimate of drug-likeness (QED) is 0.0502. The van der Waals surface area contributed by atoms with E-state index in [0.29, 0.717) is 48.0 Å². The van der Waals surface area contributed by atoms with Crippen LogP contribution in [0.15, 0.2) is 71.9 Å². The Kier molecular flexibility index (Phi) is 14.2. The van der Waals surface area contributed by atoms with Crippen LogP contribution in [-0.4, -0.2) is 91.0 Å². The number of carbonyl (C=O) groups is 2. The van der Waals surface area contributed by atoms with Crippen molar-refractivity contribution in [1.29, 1.82) is 0 Å². The summed E-state index contributed by atoms with van der Waals surface area (Å²) >= 11 is 5.90. The highest BCUT2D eigenvalue weighted by atomic mass is 35.5. The molecule has 1 heterocycles. The molecule has 0 bridgehead atoms. The van der Waals surface area contributed by atoms with Crippen LogP contribution >= 0.6 is 11.6 Å². The summed E-state index contributed by atoms with van der Waals surface area (Å²) in [7, 11) is 1.67. The molecule has 11 nitrogen and oxygen atoms in total. The summed E-state index contributed by atoms with van der Waals surface area (Å²) < 4.78 is 25.8. The van der Waals surface area contributed by atoms with Crippen LogP contribution in [0.1, 0.15) is 73.7 Å². The molecule has 6 unspecified atom stereocenters. The third-order valence-electron chi connectivity index (χ3n) is 10.2. The van der Waals surface area contributed by atoms with Crippen LogP contribution in [0.2, 0.25) is 0 Å². The number of aliphatic hydroxyl groups excluding tert-OH is 2. The van der Waals surface area contributed by atoms with E-state index in [1.54, 1.807) is 37.4 Å². The molecule has 1 fully saturated rings. The van der Waals surface area contributed by atoms with Gasteiger partial charge < -0.3 is 38.9 Å². The normalized spacial score (nSPS) is 25.2. The van der Waals surface area contributed by atoms with Gasteiger partial charge >= 0.3 is 6.09 Å². The fourth-order valence-corrected chi connectivity index (χ4v) is 8.15. The third-order valence-corrected chi connectivity index (χ3v) is 10.4. The number of likely N-dealkylation sites (N-methyl/N-ethyl adjacent to an activating group) is 1. The molecule has 3 aliphatic rings. The van der Waals surface area contributed by atoms with Crippen molar-refractivity contribution in [3.63, 3.8) is 0 Å². The molecule has 2 aliphatic carbocycles. The first-order chi connectivity index (χ1) is 25.3. The van der Waals surface area contributed by atoms with Crippen molar-refractivity contribution in [2.24, 2.45) is 22.9 Å². The van der Waals surface area contributed by atoms with Gasteiger partial charge in [-0.15, -0.1) is 18.2 Å². The fourth-order valence-electron chi connectivity index (χ4n) is 8.08. The number of hydrogen-bond acceptors (Lipinski definition) is 10. The molecule has 282 valence electrons. The SMILES string of the molecule is C=CCOC12Oc3ccc(Oc4cccc(C=O)c4)cc3C3C(CCCCO)C(CCCCO)C=C(C(=NOCC)CC1N(C)C(=O)OCCCl)C32. The van der Waals surface area contributed by atoms with Crippen LogP contribution in [0.3, 0.4) is 0 Å². The fraction of sp³-hybridized carbons (Fsp3) is 0.525. The Labute approximate surface area is 311 Å². The number of aliphatic hydroxyl groups is 2. The van der Waals surface area contributed by atoms with Crippen molar-refractivity contribution >= 4 is 29.7 Å². The predicted molar refractivity (Wildman–Crippen MR) is 198 cm³/mol. The molecule has 5 rings (SSSR count). The third kappa shape index (κ3) is 8.49. The zero-order chi connectivity index (χ0) is 37.1. The lowest BCUT2D eigenvalue weighted by Gasteiger charge is -2.59. The number of aldehydes is 1. The molecule has 2 aromatic rings. The summed E-state index contributed by atoms with van der Waals surface area (Å²) in [5.41, 5.74) is 3.05. The molecule has 0 aromatic heterocycles. The van der Waals surface area contributed by atoms with Crippen LogP contribution in [0, 0.1) is 17.8 Å². The Balaban J connectivity index is 1.74. The first kappa shape index (κ1) is 39.3. The van der Waals surface area contributed by atoms with Crippen LogP contribution in [0.25, 0.3) is 0 Å². The highest BCUT2D eigenvalue weighted by Crippen LogP contribution is 2.62. The lowest BCUT2D eigenvalue weighted by molar-refractivity contribution is -0.253. The minimum atomic E-state index is -1.39. The summed E-state index contributed by atoms with van der Waals surface area (Å²) in [6.45, 7) is 6.55. The maximum Gasteiger partial charge on any atom is 0.410 e. The van der Waals surface area contributed by atoms with E-state index in [2.05, 4.69) is 17.8 Å². The van der Waals surface area contributed by atoms with Gasteiger partial charge in [0.05, 0.1) is 24.1 Å². The zero-order valence-corrected chi connectivity index (χ0v) is 30.8. The number of rotatable bonds is 19. The van der Waals surface area contributed by atoms with E-state index in [0.717, 1.165) is 43.1 Å². The van der Waals surface area contributed by atoms with Crippen molar-refractivity contribution < 1.29 is 43.6 Å². The van der Waals surface area contributed by atoms with Gasteiger partial charge in [-0.3, -0.25) is 4.79 Å². The van der Waals surface area contributed by atoms with E-state index in [-0.39, 0.29) is 56.5 Å². The van der Waals surface area contributed by atoms with E-state index in [1.165, 1.54) is 4.90 Å². The zero-order valence-electron chi connectivity index (χ0n) is 30.1. The van der Waals surface area contributed by atoms with Gasteiger partial charge in [0, 0.05) is 43.7 Å². The summed E-state index contributed by atoms with van der Waals surface area (Å²) in [6.07, 6.45) is 9.02. The first-order valence-corrected chi connectivity index (χ1v) is 18.8. The lowest BCUT2D eigenvalue weighted by atomic mass is 9.55. The number of carbonyl (C=O) groups excluding carboxylic acids is 2. The summed E-state index contributed by atoms with van der Waals surface area (Å²) in [4.78, 5) is 32.3. The standard InChI is InChI=1S/C40H51ClN2O9/c1-4-20-49-40-36(43(3)39(47)48-21-17-41)25-34(42-50-5-2)32-23-28(12-6-8-18-44)31(14-7-9-19-45)37(38(32)40)33-24-30(15-16-35(33)52-40)51-29-13-10-11-27(22-29)26-46/h4,10-11,13,15-16,22-24,26,28,31,36-38,44-45H,1,5-9,12,14,17-21,25H2,2-3H3. The maximum absolute atomic E-state index is 13.6. The largest absolute Gasteiger partial charge is 0.459 e. The molecular weight excluding hydrogens is 688 g/mol. The molecule has 0 radical (unpaired) electrons. The van der Waals surface area contributed by atoms with Gasteiger partial charge in [-0.05, 0) is 80.3 Å². The monoisotopic (exact) mass is 738 g/mol. The number of fused-ring (bicyclic) bond motifs is 2. The number of oxime groups is 1. The van der Waals surface area contributed by atoms with Crippen molar-refractivity contribution in [3.8, 4) is 17.2 Å². The Morgan fingerprint density at radius 1 is 1.12 bits per heavy atom. The van der Waals surface area contributed by atoms with Gasteiger partial charge in [-0.25, -0.2) is 4.79 Å². The topological polar surface area (TPSA) is 136 Å². The van der Waals surface area contributed by atoms with Crippen molar-refractivity contribution in [2.45, 2.75) is 69.6 Å². The molecule has 1 amide bonds. The number of alkyl halides is 1. The Morgan fingerprint density at radius 3 is 2.60 bits per heavy atom. The Morgan fingerprint density at radius 2 is 1.88 bits per heavy atom. The van der Waals surface area contributed by atoms with Crippen molar-refractivity contribution in [1.82, 2.24) is 4.90 Å². The molecule has 2 aromatic carbocycles. The minimum absolute atomic E-state index is 0.0414. The number of unbranched alkanes of at least 4 members (excludes halogenated alkanes) is 2. The molecule has 1 saturated carbocycles. The highest BCUT2D eigenvalue weighted by Gasteiger charge is 2.65. The number of nitrogens with zero attached hydrogens (tertiary/aromatic N) is 2. The molecule has 2 N–H and O–H groups in total. The predicted octanol–water partition coefficient (Wildman–Crippen LogP) is 7.25. The smallest absolute Gasteiger partial charge is 0.410 e. The second kappa shape index (κ2) is 18.7. The number of hydrogen-bond donors (Lipinski definition) is 2. The van der Waals surface area contributed by atoms with Crippen LogP contribution in [0.5, 0.6) is 17.2 Å². The first-order valence-electron chi connectivity index (χ1n) is 18.2. The Hall–Kier alpha value is -3.90. The molecule has 0 saturated heterocycles. The van der Waals surface area contributed by atoms with Gasteiger partial charge in [-0.2, -0.15) is 0 Å². The second-order valence-corrected chi connectivity index (χ2v) is 13.8. The van der Waals surface area contributed by atoms with E-state index in [9.17, 15) is 19.8 Å². The van der Waals surface area contributed by atoms with Gasteiger partial charge in [-0.1, -0.05) is 42.3 Å². The molecule has 6 atom stereocenters. The van der Waals surface area contributed by atoms with E-state index in [4.69, 9.17) is 35.4 Å². The minimum Gasteiger partial charge on any atom is -0.459 e. The van der Waals surface area contributed by atoms with Gasteiger partial charge in [0.2, 0.25) is 5.79 Å². The average Bonchev–Trinajstić information content (AvgIpc) is 3.16. The van der Waals surface area contributed by atoms with Crippen LogP contribution < -0.4 is 9.47 Å². The summed E-state index contributed by atoms with van der Waals surface area (Å²) in [5.74, 6) is -0.0566. The molecular formula is C40H51ClN2O9.